The summed E-state index contributed by atoms with van der Waals surface area (Å²) < 4.78 is 14.7. The first-order valence-corrected chi connectivity index (χ1v) is 6.70. The molecule has 2 aromatic rings. The average molecular weight is 365 g/mol. The summed E-state index contributed by atoms with van der Waals surface area (Å²) in [6.07, 6.45) is 0. The van der Waals surface area contributed by atoms with E-state index in [1.807, 2.05) is 0 Å². The Hall–Kier alpha value is -1.17. The van der Waals surface area contributed by atoms with Crippen LogP contribution in [0.5, 0.6) is 0 Å². The lowest BCUT2D eigenvalue weighted by molar-refractivity contribution is 0.633. The molecule has 3 nitrogen and oxygen atoms in total. The predicted molar refractivity (Wildman–Crippen MR) is 82.7 cm³/mol. The van der Waals surface area contributed by atoms with Crippen molar-refractivity contribution in [3.05, 3.63) is 44.6 Å². The van der Waals surface area contributed by atoms with Gasteiger partial charge in [0, 0.05) is 10.2 Å². The molecule has 0 amide bonds. The third-order valence-corrected chi connectivity index (χ3v) is 4.07. The highest BCUT2D eigenvalue weighted by molar-refractivity contribution is 9.10. The van der Waals surface area contributed by atoms with Gasteiger partial charge in [0.1, 0.15) is 5.02 Å². The van der Waals surface area contributed by atoms with E-state index in [4.69, 9.17) is 34.7 Å². The van der Waals surface area contributed by atoms with Gasteiger partial charge in [0.05, 0.1) is 22.1 Å². The van der Waals surface area contributed by atoms with Crippen molar-refractivity contribution in [1.82, 2.24) is 0 Å². The third-order valence-electron chi connectivity index (χ3n) is 2.45. The van der Waals surface area contributed by atoms with Crippen molar-refractivity contribution >= 4 is 61.9 Å². The van der Waals surface area contributed by atoms with Crippen LogP contribution in [-0.4, -0.2) is 0 Å². The van der Waals surface area contributed by atoms with Crippen molar-refractivity contribution in [2.75, 3.05) is 16.8 Å². The van der Waals surface area contributed by atoms with Gasteiger partial charge in [-0.25, -0.2) is 4.39 Å². The molecule has 0 aliphatic carbocycles. The van der Waals surface area contributed by atoms with Gasteiger partial charge in [-0.15, -0.1) is 0 Å². The number of halogens is 4. The zero-order chi connectivity index (χ0) is 14.2. The van der Waals surface area contributed by atoms with Gasteiger partial charge in [-0.1, -0.05) is 23.2 Å². The molecule has 0 atom stereocenters. The molecule has 0 bridgehead atoms. The first kappa shape index (κ1) is 14.2. The molecule has 19 heavy (non-hydrogen) atoms. The Morgan fingerprint density at radius 2 is 1.79 bits per heavy atom. The predicted octanol–water partition coefficient (Wildman–Crippen LogP) is 4.80. The molecular weight excluding hydrogens is 356 g/mol. The van der Waals surface area contributed by atoms with Gasteiger partial charge in [0.25, 0.3) is 0 Å². The van der Waals surface area contributed by atoms with E-state index >= 15 is 0 Å². The van der Waals surface area contributed by atoms with Crippen LogP contribution in [-0.2, 0) is 0 Å². The summed E-state index contributed by atoms with van der Waals surface area (Å²) in [5.41, 5.74) is 12.2. The quantitative estimate of drug-likeness (QED) is 0.670. The maximum atomic E-state index is 14.0. The van der Waals surface area contributed by atoms with E-state index < -0.39 is 5.82 Å². The molecule has 100 valence electrons. The maximum absolute atomic E-state index is 14.0. The highest BCUT2D eigenvalue weighted by Gasteiger charge is 2.14. The fourth-order valence-corrected chi connectivity index (χ4v) is 2.09. The Labute approximate surface area is 127 Å². The SMILES string of the molecule is Nc1cc(N)c(Nc2ccc(Br)c(Cl)c2)c(F)c1Cl. The number of nitrogens with two attached hydrogens (primary N) is 2. The monoisotopic (exact) mass is 363 g/mol. The summed E-state index contributed by atoms with van der Waals surface area (Å²) in [5.74, 6) is -0.696. The molecule has 7 heteroatoms. The second-order valence-electron chi connectivity index (χ2n) is 3.81. The summed E-state index contributed by atoms with van der Waals surface area (Å²) in [4.78, 5) is 0. The van der Waals surface area contributed by atoms with Crippen LogP contribution in [0.15, 0.2) is 28.7 Å². The molecule has 0 saturated carbocycles. The summed E-state index contributed by atoms with van der Waals surface area (Å²) in [6, 6.07) is 6.49. The van der Waals surface area contributed by atoms with Gasteiger partial charge >= 0.3 is 0 Å². The highest BCUT2D eigenvalue weighted by atomic mass is 79.9. The number of rotatable bonds is 2. The second kappa shape index (κ2) is 5.45. The van der Waals surface area contributed by atoms with E-state index in [-0.39, 0.29) is 22.1 Å². The maximum Gasteiger partial charge on any atom is 0.169 e. The highest BCUT2D eigenvalue weighted by Crippen LogP contribution is 2.36. The van der Waals surface area contributed by atoms with Crippen LogP contribution >= 0.6 is 39.1 Å². The van der Waals surface area contributed by atoms with Crippen LogP contribution in [0.3, 0.4) is 0 Å². The minimum absolute atomic E-state index is 0.0672. The molecule has 0 aromatic heterocycles. The van der Waals surface area contributed by atoms with Crippen LogP contribution in [0.25, 0.3) is 0 Å². The van der Waals surface area contributed by atoms with E-state index in [1.165, 1.54) is 6.07 Å². The van der Waals surface area contributed by atoms with Crippen LogP contribution in [0.4, 0.5) is 27.1 Å². The molecule has 2 rings (SSSR count). The summed E-state index contributed by atoms with van der Waals surface area (Å²) in [5, 5.41) is 3.16. The Morgan fingerprint density at radius 3 is 2.42 bits per heavy atom. The standard InChI is InChI=1S/C12H9BrCl2FN3/c13-6-2-1-5(3-7(6)14)19-12-9(18)4-8(17)10(15)11(12)16/h1-4,19H,17-18H2. The fraction of sp³-hybridized carbons (Fsp3) is 0. The minimum atomic E-state index is -0.696. The van der Waals surface area contributed by atoms with Crippen LogP contribution in [0.2, 0.25) is 10.0 Å². The summed E-state index contributed by atoms with van der Waals surface area (Å²) in [6.45, 7) is 0. The van der Waals surface area contributed by atoms with Crippen molar-refractivity contribution in [2.45, 2.75) is 0 Å². The normalized spacial score (nSPS) is 10.5. The molecule has 0 unspecified atom stereocenters. The van der Waals surface area contributed by atoms with Gasteiger partial charge in [-0.05, 0) is 40.2 Å². The van der Waals surface area contributed by atoms with Crippen molar-refractivity contribution in [2.24, 2.45) is 0 Å². The topological polar surface area (TPSA) is 64.1 Å². The molecule has 5 N–H and O–H groups in total. The van der Waals surface area contributed by atoms with Crippen molar-refractivity contribution in [1.29, 1.82) is 0 Å². The Morgan fingerprint density at radius 1 is 1.11 bits per heavy atom. The zero-order valence-electron chi connectivity index (χ0n) is 9.48. The van der Waals surface area contributed by atoms with E-state index in [0.717, 1.165) is 4.47 Å². The van der Waals surface area contributed by atoms with Crippen LogP contribution < -0.4 is 16.8 Å². The lowest BCUT2D eigenvalue weighted by Gasteiger charge is -2.13. The first-order valence-electron chi connectivity index (χ1n) is 5.15. The number of hydrogen-bond acceptors (Lipinski definition) is 3. The van der Waals surface area contributed by atoms with Crippen molar-refractivity contribution in [3.8, 4) is 0 Å². The molecule has 0 aliphatic rings. The number of benzene rings is 2. The van der Waals surface area contributed by atoms with Crippen molar-refractivity contribution in [3.63, 3.8) is 0 Å². The van der Waals surface area contributed by atoms with Gasteiger partial charge < -0.3 is 16.8 Å². The van der Waals surface area contributed by atoms with Gasteiger partial charge in [0.15, 0.2) is 5.82 Å². The van der Waals surface area contributed by atoms with Gasteiger partial charge in [-0.3, -0.25) is 0 Å². The zero-order valence-corrected chi connectivity index (χ0v) is 12.6. The molecule has 0 heterocycles. The minimum Gasteiger partial charge on any atom is -0.397 e. The number of nitrogen functional groups attached to an aromatic ring is 2. The third kappa shape index (κ3) is 2.88. The molecule has 0 spiro atoms. The molecule has 2 aromatic carbocycles. The van der Waals surface area contributed by atoms with Crippen LogP contribution in [0, 0.1) is 5.82 Å². The lowest BCUT2D eigenvalue weighted by Crippen LogP contribution is -2.02. The van der Waals surface area contributed by atoms with Crippen molar-refractivity contribution < 1.29 is 4.39 Å². The molecule has 0 aliphatic heterocycles. The summed E-state index contributed by atoms with van der Waals surface area (Å²) >= 11 is 15.0. The fourth-order valence-electron chi connectivity index (χ4n) is 1.51. The first-order chi connectivity index (χ1) is 8.90. The van der Waals surface area contributed by atoms with Crippen LogP contribution in [0.1, 0.15) is 0 Å². The Bertz CT molecular complexity index is 649. The van der Waals surface area contributed by atoms with Gasteiger partial charge in [0.2, 0.25) is 0 Å². The Kier molecular flexibility index (Phi) is 4.08. The number of nitrogens with one attached hydrogen (secondary N) is 1. The van der Waals surface area contributed by atoms with Gasteiger partial charge in [-0.2, -0.15) is 0 Å². The van der Waals surface area contributed by atoms with E-state index in [1.54, 1.807) is 18.2 Å². The molecule has 0 fully saturated rings. The molecule has 0 radical (unpaired) electrons. The smallest absolute Gasteiger partial charge is 0.169 e. The summed E-state index contributed by atoms with van der Waals surface area (Å²) in [7, 11) is 0. The molecular formula is C12H9BrCl2FN3. The lowest BCUT2D eigenvalue weighted by atomic mass is 10.2. The second-order valence-corrected chi connectivity index (χ2v) is 5.45. The van der Waals surface area contributed by atoms with E-state index in [0.29, 0.717) is 10.7 Å². The molecule has 0 saturated heterocycles. The number of hydrogen-bond donors (Lipinski definition) is 3. The van der Waals surface area contributed by atoms with E-state index in [9.17, 15) is 4.39 Å². The largest absolute Gasteiger partial charge is 0.397 e. The number of anilines is 4. The average Bonchev–Trinajstić information content (AvgIpc) is 2.36. The Balaban J connectivity index is 2.43. The van der Waals surface area contributed by atoms with E-state index in [2.05, 4.69) is 21.2 Å².